The van der Waals surface area contributed by atoms with Crippen molar-refractivity contribution in [1.82, 2.24) is 4.98 Å². The van der Waals surface area contributed by atoms with Crippen LogP contribution in [0.15, 0.2) is 29.3 Å². The molecular weight excluding hydrogens is 329 g/mol. The quantitative estimate of drug-likeness (QED) is 0.891. The Balaban J connectivity index is 1.93. The van der Waals surface area contributed by atoms with Crippen LogP contribution in [0.3, 0.4) is 0 Å². The van der Waals surface area contributed by atoms with Crippen molar-refractivity contribution in [2.24, 2.45) is 0 Å². The van der Waals surface area contributed by atoms with Gasteiger partial charge in [0, 0.05) is 11.9 Å². The molecule has 1 heterocycles. The van der Waals surface area contributed by atoms with Gasteiger partial charge in [-0.3, -0.25) is 4.72 Å². The van der Waals surface area contributed by atoms with Gasteiger partial charge in [-0.2, -0.15) is 5.26 Å². The van der Waals surface area contributed by atoms with Crippen LogP contribution in [0.1, 0.15) is 42.5 Å². The molecule has 2 N–H and O–H groups in total. The molecule has 1 aromatic heterocycles. The van der Waals surface area contributed by atoms with Gasteiger partial charge in [0.15, 0.2) is 0 Å². The third-order valence-corrected chi connectivity index (χ3v) is 5.71. The number of fused-ring (bicyclic) bond motifs is 1. The maximum atomic E-state index is 14.0. The van der Waals surface area contributed by atoms with Crippen LogP contribution in [0.4, 0.5) is 10.1 Å². The van der Waals surface area contributed by atoms with E-state index < -0.39 is 15.8 Å². The lowest BCUT2D eigenvalue weighted by Gasteiger charge is -2.13. The fourth-order valence-corrected chi connectivity index (χ4v) is 4.37. The Morgan fingerprint density at radius 3 is 2.62 bits per heavy atom. The van der Waals surface area contributed by atoms with Gasteiger partial charge >= 0.3 is 0 Å². The van der Waals surface area contributed by atoms with E-state index in [1.54, 1.807) is 0 Å². The Bertz CT molecular complexity index is 897. The molecule has 0 radical (unpaired) electrons. The highest BCUT2D eigenvalue weighted by Gasteiger charge is 2.24. The van der Waals surface area contributed by atoms with Crippen molar-refractivity contribution in [2.45, 2.75) is 43.4 Å². The highest BCUT2D eigenvalue weighted by molar-refractivity contribution is 7.92. The number of nitrogens with one attached hydrogen (secondary N) is 2. The van der Waals surface area contributed by atoms with Crippen LogP contribution in [0.5, 0.6) is 0 Å². The fourth-order valence-electron chi connectivity index (χ4n) is 3.04. The number of rotatable bonds is 3. The van der Waals surface area contributed by atoms with Gasteiger partial charge < -0.3 is 4.98 Å². The van der Waals surface area contributed by atoms with Crippen molar-refractivity contribution >= 4 is 15.7 Å². The molecule has 0 atom stereocenters. The van der Waals surface area contributed by atoms with Gasteiger partial charge in [0.1, 0.15) is 10.7 Å². The van der Waals surface area contributed by atoms with E-state index in [9.17, 15) is 12.8 Å². The number of aryl methyl sites for hydroxylation is 1. The molecule has 0 aliphatic heterocycles. The van der Waals surface area contributed by atoms with Gasteiger partial charge in [-0.1, -0.05) is 12.8 Å². The zero-order valence-corrected chi connectivity index (χ0v) is 13.9. The van der Waals surface area contributed by atoms with E-state index in [-0.39, 0.29) is 16.1 Å². The Morgan fingerprint density at radius 1 is 1.17 bits per heavy atom. The van der Waals surface area contributed by atoms with Crippen LogP contribution in [-0.2, 0) is 22.9 Å². The van der Waals surface area contributed by atoms with Crippen LogP contribution >= 0.6 is 0 Å². The number of anilines is 1. The second-order valence-corrected chi connectivity index (χ2v) is 7.59. The Labute approximate surface area is 140 Å². The number of sulfonamides is 1. The number of H-pyrrole nitrogens is 1. The summed E-state index contributed by atoms with van der Waals surface area (Å²) in [6, 6.07) is 5.47. The topological polar surface area (TPSA) is 85.8 Å². The van der Waals surface area contributed by atoms with Gasteiger partial charge in [0.25, 0.3) is 10.0 Å². The van der Waals surface area contributed by atoms with Crippen molar-refractivity contribution in [3.05, 3.63) is 47.0 Å². The van der Waals surface area contributed by atoms with Crippen LogP contribution in [0, 0.1) is 17.1 Å². The molecule has 1 aliphatic carbocycles. The van der Waals surface area contributed by atoms with E-state index in [0.717, 1.165) is 49.4 Å². The first-order valence-corrected chi connectivity index (χ1v) is 9.41. The third-order valence-electron chi connectivity index (χ3n) is 4.27. The summed E-state index contributed by atoms with van der Waals surface area (Å²) in [5.74, 6) is -0.768. The Kier molecular flexibility index (Phi) is 4.58. The molecule has 0 saturated heterocycles. The first kappa shape index (κ1) is 16.5. The van der Waals surface area contributed by atoms with Crippen molar-refractivity contribution in [1.29, 1.82) is 5.26 Å². The number of hydrogen-bond acceptors (Lipinski definition) is 3. The van der Waals surface area contributed by atoms with Gasteiger partial charge in [-0.25, -0.2) is 12.8 Å². The highest BCUT2D eigenvalue weighted by atomic mass is 32.2. The summed E-state index contributed by atoms with van der Waals surface area (Å²) in [4.78, 5) is 3.25. The van der Waals surface area contributed by atoms with Gasteiger partial charge in [-0.05, 0) is 49.4 Å². The minimum atomic E-state index is -3.89. The zero-order valence-electron chi connectivity index (χ0n) is 13.1. The summed E-state index contributed by atoms with van der Waals surface area (Å²) in [6.45, 7) is 0. The Morgan fingerprint density at radius 2 is 1.92 bits per heavy atom. The second kappa shape index (κ2) is 6.65. The van der Waals surface area contributed by atoms with Crippen LogP contribution in [0.2, 0.25) is 0 Å². The van der Waals surface area contributed by atoms with Crippen LogP contribution < -0.4 is 4.72 Å². The number of benzene rings is 1. The molecule has 7 heteroatoms. The summed E-state index contributed by atoms with van der Waals surface area (Å²) in [5.41, 5.74) is 1.74. The molecule has 24 heavy (non-hydrogen) atoms. The minimum absolute atomic E-state index is 0.141. The van der Waals surface area contributed by atoms with Gasteiger partial charge in [0.05, 0.1) is 17.3 Å². The first-order valence-electron chi connectivity index (χ1n) is 7.93. The molecule has 3 rings (SSSR count). The van der Waals surface area contributed by atoms with Crippen molar-refractivity contribution < 1.29 is 12.8 Å². The summed E-state index contributed by atoms with van der Waals surface area (Å²) in [7, 11) is -3.89. The molecule has 1 aromatic carbocycles. The monoisotopic (exact) mass is 347 g/mol. The zero-order chi connectivity index (χ0) is 17.2. The van der Waals surface area contributed by atoms with Gasteiger partial charge in [-0.15, -0.1) is 0 Å². The number of nitriles is 1. The molecule has 0 bridgehead atoms. The molecule has 126 valence electrons. The maximum Gasteiger partial charge on any atom is 0.263 e. The molecule has 0 spiro atoms. The van der Waals surface area contributed by atoms with Crippen LogP contribution in [-0.4, -0.2) is 13.4 Å². The van der Waals surface area contributed by atoms with Crippen LogP contribution in [0.25, 0.3) is 0 Å². The van der Waals surface area contributed by atoms with Crippen molar-refractivity contribution in [2.75, 3.05) is 4.72 Å². The predicted octanol–water partition coefficient (Wildman–Crippen LogP) is 3.49. The van der Waals surface area contributed by atoms with Crippen molar-refractivity contribution in [3.8, 4) is 6.07 Å². The predicted molar refractivity (Wildman–Crippen MR) is 88.6 cm³/mol. The number of hydrogen-bond donors (Lipinski definition) is 2. The molecule has 0 saturated carbocycles. The fraction of sp³-hybridized carbons (Fsp3) is 0.353. The normalized spacial score (nSPS) is 15.0. The number of aromatic nitrogens is 1. The lowest BCUT2D eigenvalue weighted by atomic mass is 9.99. The van der Waals surface area contributed by atoms with Crippen molar-refractivity contribution in [3.63, 3.8) is 0 Å². The second-order valence-electron chi connectivity index (χ2n) is 5.94. The molecule has 5 nitrogen and oxygen atoms in total. The largest absolute Gasteiger partial charge is 0.363 e. The molecule has 0 fully saturated rings. The molecular formula is C17H18FN3O2S. The SMILES string of the molecule is N#Cc1ccc(NS(=O)(=O)c2c[nH]c3c2CCCCCC3)c(F)c1. The van der Waals surface area contributed by atoms with E-state index in [0.29, 0.717) is 6.42 Å². The first-order chi connectivity index (χ1) is 11.5. The smallest absolute Gasteiger partial charge is 0.263 e. The summed E-state index contributed by atoms with van der Waals surface area (Å²) in [5, 5.41) is 8.76. The highest BCUT2D eigenvalue weighted by Crippen LogP contribution is 2.28. The van der Waals surface area contributed by atoms with E-state index >= 15 is 0 Å². The van der Waals surface area contributed by atoms with E-state index in [2.05, 4.69) is 9.71 Å². The number of halogens is 1. The van der Waals surface area contributed by atoms with E-state index in [1.165, 1.54) is 18.3 Å². The molecule has 1 aliphatic rings. The maximum absolute atomic E-state index is 14.0. The molecule has 0 unspecified atom stereocenters. The van der Waals surface area contributed by atoms with E-state index in [1.807, 2.05) is 6.07 Å². The summed E-state index contributed by atoms with van der Waals surface area (Å²) >= 11 is 0. The van der Waals surface area contributed by atoms with Gasteiger partial charge in [0.2, 0.25) is 0 Å². The average molecular weight is 347 g/mol. The summed E-state index contributed by atoms with van der Waals surface area (Å²) in [6.07, 6.45) is 7.22. The molecule has 2 aromatic rings. The third kappa shape index (κ3) is 3.29. The standard InChI is InChI=1S/C17H18FN3O2S/c18-14-9-12(10-19)7-8-16(14)21-24(22,23)17-11-20-15-6-4-2-1-3-5-13(15)17/h7-9,11,20-21H,1-6H2. The Hall–Kier alpha value is -2.33. The van der Waals surface area contributed by atoms with E-state index in [4.69, 9.17) is 5.26 Å². The average Bonchev–Trinajstić information content (AvgIpc) is 2.91. The summed E-state index contributed by atoms with van der Waals surface area (Å²) < 4.78 is 41.6. The molecule has 0 amide bonds. The minimum Gasteiger partial charge on any atom is -0.363 e. The number of nitrogens with zero attached hydrogens (tertiary/aromatic N) is 1. The lowest BCUT2D eigenvalue weighted by Crippen LogP contribution is -2.15. The lowest BCUT2D eigenvalue weighted by molar-refractivity contribution is 0.591. The number of aromatic amines is 1.